The minimum Gasteiger partial charge on any atom is -0.393 e. The number of carbonyl (C=O) groups is 2. The molecule has 1 atom stereocenters. The lowest BCUT2D eigenvalue weighted by Gasteiger charge is -2.29. The van der Waals surface area contributed by atoms with Gasteiger partial charge in [0.15, 0.2) is 6.10 Å². The Bertz CT molecular complexity index is 327. The first-order chi connectivity index (χ1) is 7.60. The molecule has 96 valence electrons. The molecule has 0 aromatic heterocycles. The van der Waals surface area contributed by atoms with Crippen LogP contribution in [0.25, 0.3) is 0 Å². The molecule has 0 saturated carbocycles. The predicted molar refractivity (Wildman–Crippen MR) is 58.4 cm³/mol. The van der Waals surface area contributed by atoms with Gasteiger partial charge in [-0.1, -0.05) is 13.2 Å². The lowest BCUT2D eigenvalue weighted by atomic mass is 10.3. The first kappa shape index (κ1) is 15.3. The van der Waals surface area contributed by atoms with Gasteiger partial charge in [0.05, 0.1) is 0 Å². The summed E-state index contributed by atoms with van der Waals surface area (Å²) in [5, 5.41) is 19.0. The van der Waals surface area contributed by atoms with E-state index in [0.717, 1.165) is 6.92 Å². The number of aliphatic hydroxyl groups excluding tert-OH is 1. The number of carbonyl (C=O) groups excluding carboxylic acids is 2. The van der Waals surface area contributed by atoms with E-state index in [0.29, 0.717) is 0 Å². The molecule has 17 heavy (non-hydrogen) atoms. The summed E-state index contributed by atoms with van der Waals surface area (Å²) in [6.07, 6.45) is -1.63. The maximum absolute atomic E-state index is 11.2. The molecular weight excluding hydrogens is 228 g/mol. The number of hydrogen-bond donors (Lipinski definition) is 2. The lowest BCUT2D eigenvalue weighted by molar-refractivity contribution is -0.355. The zero-order valence-electron chi connectivity index (χ0n) is 10.0. The number of aliphatic hydroxyl groups is 2. The summed E-state index contributed by atoms with van der Waals surface area (Å²) < 4.78 is 8.93. The van der Waals surface area contributed by atoms with E-state index in [-0.39, 0.29) is 11.1 Å². The summed E-state index contributed by atoms with van der Waals surface area (Å²) in [6.45, 7) is 10.3. The van der Waals surface area contributed by atoms with E-state index >= 15 is 0 Å². The lowest BCUT2D eigenvalue weighted by Crippen LogP contribution is -2.49. The quantitative estimate of drug-likeness (QED) is 0.409. The molecular formula is C11H16O6. The van der Waals surface area contributed by atoms with Crippen LogP contribution in [0.1, 0.15) is 20.8 Å². The Balaban J connectivity index is 4.92. The summed E-state index contributed by atoms with van der Waals surface area (Å²) in [5.74, 6) is -4.75. The van der Waals surface area contributed by atoms with Crippen LogP contribution in [0.5, 0.6) is 0 Å². The third kappa shape index (κ3) is 4.38. The van der Waals surface area contributed by atoms with Crippen molar-refractivity contribution < 1.29 is 29.3 Å². The molecule has 0 heterocycles. The van der Waals surface area contributed by atoms with Gasteiger partial charge in [0.25, 0.3) is 0 Å². The van der Waals surface area contributed by atoms with Gasteiger partial charge in [0, 0.05) is 11.1 Å². The molecule has 0 spiro atoms. The van der Waals surface area contributed by atoms with Gasteiger partial charge in [-0.05, 0) is 20.8 Å². The fourth-order valence-electron chi connectivity index (χ4n) is 0.631. The van der Waals surface area contributed by atoms with Crippen molar-refractivity contribution in [3.05, 3.63) is 24.3 Å². The largest absolute Gasteiger partial charge is 0.401 e. The van der Waals surface area contributed by atoms with E-state index in [1.54, 1.807) is 0 Å². The maximum Gasteiger partial charge on any atom is 0.401 e. The molecule has 0 aromatic rings. The zero-order chi connectivity index (χ0) is 13.8. The highest BCUT2D eigenvalue weighted by Crippen LogP contribution is 2.18. The van der Waals surface area contributed by atoms with E-state index < -0.39 is 24.0 Å². The van der Waals surface area contributed by atoms with Crippen molar-refractivity contribution in [3.8, 4) is 0 Å². The van der Waals surface area contributed by atoms with Crippen LogP contribution in [-0.2, 0) is 19.1 Å². The van der Waals surface area contributed by atoms with E-state index in [4.69, 9.17) is 0 Å². The smallest absolute Gasteiger partial charge is 0.393 e. The summed E-state index contributed by atoms with van der Waals surface area (Å²) in [4.78, 5) is 22.4. The van der Waals surface area contributed by atoms with Gasteiger partial charge in [0.2, 0.25) is 0 Å². The minimum atomic E-state index is -2.76. The summed E-state index contributed by atoms with van der Waals surface area (Å²) in [5.41, 5.74) is -0.0362. The van der Waals surface area contributed by atoms with Crippen LogP contribution in [0.3, 0.4) is 0 Å². The SMILES string of the molecule is C=C(C)C(=O)OC(O)(OC(=O)C(=C)C)C(C)O. The number of hydrogen-bond acceptors (Lipinski definition) is 6. The third-order valence-corrected chi connectivity index (χ3v) is 1.70. The average molecular weight is 244 g/mol. The topological polar surface area (TPSA) is 93.1 Å². The first-order valence-corrected chi connectivity index (χ1v) is 4.78. The molecule has 0 aliphatic heterocycles. The fraction of sp³-hybridized carbons (Fsp3) is 0.455. The molecule has 0 saturated heterocycles. The number of ether oxygens (including phenoxy) is 2. The Morgan fingerprint density at radius 3 is 1.59 bits per heavy atom. The van der Waals surface area contributed by atoms with Crippen LogP contribution in [0, 0.1) is 0 Å². The van der Waals surface area contributed by atoms with Gasteiger partial charge in [-0.15, -0.1) is 0 Å². The molecule has 0 bridgehead atoms. The van der Waals surface area contributed by atoms with Crippen molar-refractivity contribution in [1.29, 1.82) is 0 Å². The van der Waals surface area contributed by atoms with Gasteiger partial charge in [-0.25, -0.2) is 9.59 Å². The highest BCUT2D eigenvalue weighted by molar-refractivity contribution is 5.88. The summed E-state index contributed by atoms with van der Waals surface area (Å²) in [7, 11) is 0. The van der Waals surface area contributed by atoms with Crippen LogP contribution in [0.15, 0.2) is 24.3 Å². The molecule has 0 aliphatic rings. The molecule has 0 fully saturated rings. The maximum atomic E-state index is 11.2. The van der Waals surface area contributed by atoms with Gasteiger partial charge < -0.3 is 19.7 Å². The van der Waals surface area contributed by atoms with E-state index in [1.165, 1.54) is 13.8 Å². The Morgan fingerprint density at radius 2 is 1.41 bits per heavy atom. The third-order valence-electron chi connectivity index (χ3n) is 1.70. The molecule has 0 aromatic carbocycles. The Hall–Kier alpha value is -1.66. The van der Waals surface area contributed by atoms with Crippen LogP contribution in [0.2, 0.25) is 0 Å². The second-order valence-corrected chi connectivity index (χ2v) is 3.65. The van der Waals surface area contributed by atoms with Crippen molar-refractivity contribution in [2.24, 2.45) is 0 Å². The van der Waals surface area contributed by atoms with Crippen molar-refractivity contribution in [3.63, 3.8) is 0 Å². The van der Waals surface area contributed by atoms with Crippen molar-refractivity contribution in [1.82, 2.24) is 0 Å². The van der Waals surface area contributed by atoms with Crippen molar-refractivity contribution in [2.75, 3.05) is 0 Å². The molecule has 0 radical (unpaired) electrons. The molecule has 0 aliphatic carbocycles. The second kappa shape index (κ2) is 5.60. The average Bonchev–Trinajstić information content (AvgIpc) is 2.16. The van der Waals surface area contributed by atoms with Crippen molar-refractivity contribution >= 4 is 11.9 Å². The summed E-state index contributed by atoms with van der Waals surface area (Å²) >= 11 is 0. The second-order valence-electron chi connectivity index (χ2n) is 3.65. The van der Waals surface area contributed by atoms with Gasteiger partial charge in [-0.2, -0.15) is 0 Å². The van der Waals surface area contributed by atoms with Crippen LogP contribution in [-0.4, -0.2) is 34.2 Å². The standard InChI is InChI=1S/C11H16O6/c1-6(2)9(13)16-11(15,8(5)12)17-10(14)7(3)4/h8,12,15H,1,3H2,2,4-5H3. The van der Waals surface area contributed by atoms with Crippen molar-refractivity contribution in [2.45, 2.75) is 32.8 Å². The molecule has 1 unspecified atom stereocenters. The molecule has 6 nitrogen and oxygen atoms in total. The van der Waals surface area contributed by atoms with E-state index in [1.807, 2.05) is 0 Å². The Labute approximate surface area is 99.1 Å². The molecule has 2 N–H and O–H groups in total. The molecule has 0 amide bonds. The number of esters is 2. The minimum absolute atomic E-state index is 0.0181. The number of rotatable bonds is 5. The van der Waals surface area contributed by atoms with Gasteiger partial charge in [-0.3, -0.25) is 0 Å². The van der Waals surface area contributed by atoms with Crippen LogP contribution in [0.4, 0.5) is 0 Å². The van der Waals surface area contributed by atoms with E-state index in [9.17, 15) is 19.8 Å². The molecule has 6 heteroatoms. The van der Waals surface area contributed by atoms with Crippen LogP contribution >= 0.6 is 0 Å². The Kier molecular flexibility index (Phi) is 5.06. The normalized spacial score (nSPS) is 12.5. The predicted octanol–water partition coefficient (Wildman–Crippen LogP) is 0.252. The molecule has 0 rings (SSSR count). The van der Waals surface area contributed by atoms with Gasteiger partial charge >= 0.3 is 17.9 Å². The summed E-state index contributed by atoms with van der Waals surface area (Å²) in [6, 6.07) is 0. The monoisotopic (exact) mass is 244 g/mol. The highest BCUT2D eigenvalue weighted by atomic mass is 16.8. The fourth-order valence-corrected chi connectivity index (χ4v) is 0.631. The van der Waals surface area contributed by atoms with Crippen LogP contribution < -0.4 is 0 Å². The first-order valence-electron chi connectivity index (χ1n) is 4.78. The Morgan fingerprint density at radius 1 is 1.12 bits per heavy atom. The zero-order valence-corrected chi connectivity index (χ0v) is 10.0. The highest BCUT2D eigenvalue weighted by Gasteiger charge is 2.42. The van der Waals surface area contributed by atoms with Gasteiger partial charge in [0.1, 0.15) is 0 Å². The van der Waals surface area contributed by atoms with E-state index in [2.05, 4.69) is 22.6 Å².